The second-order valence-electron chi connectivity index (χ2n) is 6.47. The molecule has 140 valence electrons. The van der Waals surface area contributed by atoms with Crippen LogP contribution in [0.5, 0.6) is 0 Å². The molecule has 0 saturated carbocycles. The maximum atomic E-state index is 12.8. The fraction of sp³-hybridized carbons (Fsp3) is 0.444. The van der Waals surface area contributed by atoms with Crippen LogP contribution in [0.3, 0.4) is 0 Å². The van der Waals surface area contributed by atoms with Crippen LogP contribution < -0.4 is 0 Å². The first-order chi connectivity index (χ1) is 12.3. The number of aromatic nitrogens is 1. The summed E-state index contributed by atoms with van der Waals surface area (Å²) in [4.78, 5) is 16.4. The Morgan fingerprint density at radius 3 is 2.46 bits per heavy atom. The highest BCUT2D eigenvalue weighted by Gasteiger charge is 2.31. The first-order valence-electron chi connectivity index (χ1n) is 8.36. The SMILES string of the molecule is Cc1noc(C)c1C(=O)N1CCN(Cc2cccc(C(F)(F)F)c2)CC1. The number of alkyl halides is 3. The number of carbonyl (C=O) groups excluding carboxylic acids is 1. The molecule has 0 bridgehead atoms. The molecular weight excluding hydrogens is 347 g/mol. The molecule has 26 heavy (non-hydrogen) atoms. The van der Waals surface area contributed by atoms with Crippen molar-refractivity contribution >= 4 is 5.91 Å². The number of hydrogen-bond acceptors (Lipinski definition) is 4. The number of aryl methyl sites for hydroxylation is 2. The third-order valence-electron chi connectivity index (χ3n) is 4.57. The van der Waals surface area contributed by atoms with Crippen molar-refractivity contribution < 1.29 is 22.5 Å². The van der Waals surface area contributed by atoms with E-state index in [0.717, 1.165) is 6.07 Å². The van der Waals surface area contributed by atoms with E-state index in [9.17, 15) is 18.0 Å². The maximum Gasteiger partial charge on any atom is 0.416 e. The Hall–Kier alpha value is -2.35. The van der Waals surface area contributed by atoms with E-state index in [2.05, 4.69) is 5.16 Å². The van der Waals surface area contributed by atoms with E-state index in [1.165, 1.54) is 12.1 Å². The number of amides is 1. The second kappa shape index (κ2) is 7.11. The number of piperazine rings is 1. The van der Waals surface area contributed by atoms with E-state index in [1.54, 1.807) is 24.8 Å². The zero-order chi connectivity index (χ0) is 18.9. The monoisotopic (exact) mass is 367 g/mol. The van der Waals surface area contributed by atoms with Gasteiger partial charge in [-0.3, -0.25) is 9.69 Å². The van der Waals surface area contributed by atoms with Crippen molar-refractivity contribution in [3.05, 3.63) is 52.4 Å². The highest BCUT2D eigenvalue weighted by molar-refractivity contribution is 5.96. The van der Waals surface area contributed by atoms with Crippen molar-refractivity contribution in [3.63, 3.8) is 0 Å². The molecule has 2 aromatic rings. The van der Waals surface area contributed by atoms with Gasteiger partial charge in [-0.2, -0.15) is 13.2 Å². The quantitative estimate of drug-likeness (QED) is 0.836. The molecule has 0 N–H and O–H groups in total. The summed E-state index contributed by atoms with van der Waals surface area (Å²) in [6.07, 6.45) is -4.34. The lowest BCUT2D eigenvalue weighted by molar-refractivity contribution is -0.137. The first-order valence-corrected chi connectivity index (χ1v) is 8.36. The summed E-state index contributed by atoms with van der Waals surface area (Å²) in [5.41, 5.74) is 1.04. The summed E-state index contributed by atoms with van der Waals surface area (Å²) in [5.74, 6) is 0.388. The Labute approximate surface area is 149 Å². The standard InChI is InChI=1S/C18H20F3N3O2/c1-12-16(13(2)26-22-12)17(25)24-8-6-23(7-9-24)11-14-4-3-5-15(10-14)18(19,20)21/h3-5,10H,6-9,11H2,1-2H3. The third-order valence-corrected chi connectivity index (χ3v) is 4.57. The summed E-state index contributed by atoms with van der Waals surface area (Å²) in [6.45, 7) is 6.10. The largest absolute Gasteiger partial charge is 0.416 e. The van der Waals surface area contributed by atoms with Crippen LogP contribution in [0.2, 0.25) is 0 Å². The Bertz CT molecular complexity index is 774. The molecule has 1 aromatic heterocycles. The first kappa shape index (κ1) is 18.4. The van der Waals surface area contributed by atoms with Gasteiger partial charge < -0.3 is 9.42 Å². The molecule has 0 atom stereocenters. The van der Waals surface area contributed by atoms with Crippen LogP contribution in [0.1, 0.15) is 32.9 Å². The molecule has 1 aliphatic heterocycles. The number of carbonyl (C=O) groups is 1. The number of hydrogen-bond donors (Lipinski definition) is 0. The highest BCUT2D eigenvalue weighted by Crippen LogP contribution is 2.29. The molecule has 0 aliphatic carbocycles. The van der Waals surface area contributed by atoms with Crippen LogP contribution >= 0.6 is 0 Å². The minimum absolute atomic E-state index is 0.111. The van der Waals surface area contributed by atoms with Gasteiger partial charge in [-0.1, -0.05) is 23.4 Å². The van der Waals surface area contributed by atoms with Gasteiger partial charge in [-0.15, -0.1) is 0 Å². The second-order valence-corrected chi connectivity index (χ2v) is 6.47. The molecule has 3 rings (SSSR count). The highest BCUT2D eigenvalue weighted by atomic mass is 19.4. The lowest BCUT2D eigenvalue weighted by atomic mass is 10.1. The predicted molar refractivity (Wildman–Crippen MR) is 88.6 cm³/mol. The zero-order valence-corrected chi connectivity index (χ0v) is 14.6. The van der Waals surface area contributed by atoms with Gasteiger partial charge in [-0.25, -0.2) is 0 Å². The van der Waals surface area contributed by atoms with E-state index >= 15 is 0 Å². The van der Waals surface area contributed by atoms with Crippen molar-refractivity contribution in [2.45, 2.75) is 26.6 Å². The van der Waals surface area contributed by atoms with Crippen LogP contribution in [-0.2, 0) is 12.7 Å². The van der Waals surface area contributed by atoms with Gasteiger partial charge in [0, 0.05) is 32.7 Å². The van der Waals surface area contributed by atoms with E-state index in [0.29, 0.717) is 55.3 Å². The number of rotatable bonds is 3. The van der Waals surface area contributed by atoms with Crippen LogP contribution in [0.4, 0.5) is 13.2 Å². The minimum atomic E-state index is -4.34. The molecular formula is C18H20F3N3O2. The van der Waals surface area contributed by atoms with Crippen molar-refractivity contribution in [1.29, 1.82) is 0 Å². The molecule has 8 heteroatoms. The Morgan fingerprint density at radius 2 is 1.88 bits per heavy atom. The fourth-order valence-corrected chi connectivity index (χ4v) is 3.16. The van der Waals surface area contributed by atoms with E-state index in [4.69, 9.17) is 4.52 Å². The summed E-state index contributed by atoms with van der Waals surface area (Å²) in [5, 5.41) is 3.81. The lowest BCUT2D eigenvalue weighted by Gasteiger charge is -2.34. The summed E-state index contributed by atoms with van der Waals surface area (Å²) in [7, 11) is 0. The molecule has 0 spiro atoms. The predicted octanol–water partition coefficient (Wildman–Crippen LogP) is 3.27. The summed E-state index contributed by atoms with van der Waals surface area (Å²) < 4.78 is 43.5. The average molecular weight is 367 g/mol. The lowest BCUT2D eigenvalue weighted by Crippen LogP contribution is -2.48. The molecule has 1 aromatic carbocycles. The van der Waals surface area contributed by atoms with Crippen molar-refractivity contribution in [2.75, 3.05) is 26.2 Å². The average Bonchev–Trinajstić information content (AvgIpc) is 2.93. The molecule has 0 unspecified atom stereocenters. The van der Waals surface area contributed by atoms with E-state index < -0.39 is 11.7 Å². The van der Waals surface area contributed by atoms with Gasteiger partial charge in [0.1, 0.15) is 11.3 Å². The Kier molecular flexibility index (Phi) is 5.04. The minimum Gasteiger partial charge on any atom is -0.361 e. The molecule has 5 nitrogen and oxygen atoms in total. The molecule has 2 heterocycles. The number of benzene rings is 1. The fourth-order valence-electron chi connectivity index (χ4n) is 3.16. The van der Waals surface area contributed by atoms with E-state index in [-0.39, 0.29) is 5.91 Å². The van der Waals surface area contributed by atoms with Gasteiger partial charge in [0.2, 0.25) is 0 Å². The maximum absolute atomic E-state index is 12.8. The van der Waals surface area contributed by atoms with Crippen LogP contribution in [0.25, 0.3) is 0 Å². The smallest absolute Gasteiger partial charge is 0.361 e. The number of nitrogens with zero attached hydrogens (tertiary/aromatic N) is 3. The van der Waals surface area contributed by atoms with Gasteiger partial charge >= 0.3 is 6.18 Å². The van der Waals surface area contributed by atoms with E-state index in [1.807, 2.05) is 4.90 Å². The van der Waals surface area contributed by atoms with Crippen molar-refractivity contribution in [3.8, 4) is 0 Å². The van der Waals surface area contributed by atoms with Gasteiger partial charge in [0.15, 0.2) is 0 Å². The van der Waals surface area contributed by atoms with Gasteiger partial charge in [-0.05, 0) is 25.5 Å². The van der Waals surface area contributed by atoms with Crippen molar-refractivity contribution in [1.82, 2.24) is 15.0 Å². The van der Waals surface area contributed by atoms with Crippen molar-refractivity contribution in [2.24, 2.45) is 0 Å². The van der Waals surface area contributed by atoms with Gasteiger partial charge in [0.25, 0.3) is 5.91 Å². The zero-order valence-electron chi connectivity index (χ0n) is 14.6. The topological polar surface area (TPSA) is 49.6 Å². The normalized spacial score (nSPS) is 16.1. The summed E-state index contributed by atoms with van der Waals surface area (Å²) in [6, 6.07) is 5.37. The molecule has 1 aliphatic rings. The molecule has 1 amide bonds. The van der Waals surface area contributed by atoms with Crippen LogP contribution in [0, 0.1) is 13.8 Å². The molecule has 1 fully saturated rings. The van der Waals surface area contributed by atoms with Crippen LogP contribution in [0.15, 0.2) is 28.8 Å². The van der Waals surface area contributed by atoms with Gasteiger partial charge in [0.05, 0.1) is 11.3 Å². The Morgan fingerprint density at radius 1 is 1.19 bits per heavy atom. The third kappa shape index (κ3) is 3.90. The number of halogens is 3. The summed E-state index contributed by atoms with van der Waals surface area (Å²) >= 11 is 0. The van der Waals surface area contributed by atoms with Crippen LogP contribution in [-0.4, -0.2) is 47.0 Å². The molecule has 0 radical (unpaired) electrons. The molecule has 1 saturated heterocycles. The Balaban J connectivity index is 1.60.